The van der Waals surface area contributed by atoms with Crippen LogP contribution < -0.4 is 5.32 Å². The van der Waals surface area contributed by atoms with E-state index in [0.29, 0.717) is 13.1 Å². The Kier molecular flexibility index (Phi) is 5.18. The van der Waals surface area contributed by atoms with Gasteiger partial charge in [-0.05, 0) is 12.3 Å². The number of amides is 2. The molecular formula is C11H20N2O2. The monoisotopic (exact) mass is 212 g/mol. The molecule has 86 valence electrons. The first kappa shape index (κ1) is 12.0. The summed E-state index contributed by atoms with van der Waals surface area (Å²) < 4.78 is 0. The second kappa shape index (κ2) is 6.45. The number of nitrogens with zero attached hydrogens (tertiary/aromatic N) is 1. The second-order valence-corrected chi connectivity index (χ2v) is 3.92. The molecule has 0 atom stereocenters. The van der Waals surface area contributed by atoms with Crippen molar-refractivity contribution in [3.8, 4) is 0 Å². The second-order valence-electron chi connectivity index (χ2n) is 3.92. The molecule has 1 rings (SSSR count). The summed E-state index contributed by atoms with van der Waals surface area (Å²) in [6.45, 7) is 5.15. The molecule has 4 nitrogen and oxygen atoms in total. The highest BCUT2D eigenvalue weighted by Gasteiger charge is 2.21. The SMILES string of the molecule is C=CCN(CCO)C(=O)NCCC1CC1. The molecule has 1 fully saturated rings. The summed E-state index contributed by atoms with van der Waals surface area (Å²) in [5, 5.41) is 11.6. The molecule has 15 heavy (non-hydrogen) atoms. The van der Waals surface area contributed by atoms with E-state index in [2.05, 4.69) is 11.9 Å². The van der Waals surface area contributed by atoms with Crippen LogP contribution in [-0.2, 0) is 0 Å². The Balaban J connectivity index is 2.17. The number of aliphatic hydroxyl groups is 1. The quantitative estimate of drug-likeness (QED) is 0.618. The van der Waals surface area contributed by atoms with Crippen molar-refractivity contribution in [1.82, 2.24) is 10.2 Å². The summed E-state index contributed by atoms with van der Waals surface area (Å²) >= 11 is 0. The van der Waals surface area contributed by atoms with E-state index in [1.165, 1.54) is 12.8 Å². The fraction of sp³-hybridized carbons (Fsp3) is 0.727. The van der Waals surface area contributed by atoms with Crippen LogP contribution in [-0.4, -0.2) is 42.3 Å². The van der Waals surface area contributed by atoms with Gasteiger partial charge in [0, 0.05) is 19.6 Å². The van der Waals surface area contributed by atoms with Crippen LogP contribution in [0.4, 0.5) is 4.79 Å². The molecule has 2 amide bonds. The third-order valence-corrected chi connectivity index (χ3v) is 2.53. The van der Waals surface area contributed by atoms with Crippen LogP contribution >= 0.6 is 0 Å². The average molecular weight is 212 g/mol. The molecule has 0 spiro atoms. The van der Waals surface area contributed by atoms with Gasteiger partial charge in [0.05, 0.1) is 6.61 Å². The van der Waals surface area contributed by atoms with Gasteiger partial charge < -0.3 is 15.3 Å². The predicted octanol–water partition coefficient (Wildman–Crippen LogP) is 0.976. The molecular weight excluding hydrogens is 192 g/mol. The van der Waals surface area contributed by atoms with Crippen LogP contribution in [0.1, 0.15) is 19.3 Å². The van der Waals surface area contributed by atoms with Gasteiger partial charge >= 0.3 is 6.03 Å². The topological polar surface area (TPSA) is 52.6 Å². The summed E-state index contributed by atoms with van der Waals surface area (Å²) in [7, 11) is 0. The molecule has 0 heterocycles. The zero-order valence-corrected chi connectivity index (χ0v) is 9.11. The molecule has 0 saturated heterocycles. The van der Waals surface area contributed by atoms with E-state index in [4.69, 9.17) is 5.11 Å². The standard InChI is InChI=1S/C11H20N2O2/c1-2-7-13(8-9-14)11(15)12-6-5-10-3-4-10/h2,10,14H,1,3-9H2,(H,12,15). The summed E-state index contributed by atoms with van der Waals surface area (Å²) in [4.78, 5) is 13.1. The average Bonchev–Trinajstić information content (AvgIpc) is 3.01. The van der Waals surface area contributed by atoms with Gasteiger partial charge in [-0.3, -0.25) is 0 Å². The molecule has 0 aromatic carbocycles. The zero-order valence-electron chi connectivity index (χ0n) is 9.11. The molecule has 0 bridgehead atoms. The van der Waals surface area contributed by atoms with E-state index < -0.39 is 0 Å². The number of hydrogen-bond donors (Lipinski definition) is 2. The third-order valence-electron chi connectivity index (χ3n) is 2.53. The lowest BCUT2D eigenvalue weighted by molar-refractivity contribution is 0.183. The van der Waals surface area contributed by atoms with Crippen molar-refractivity contribution in [3.05, 3.63) is 12.7 Å². The Morgan fingerprint density at radius 2 is 2.33 bits per heavy atom. The molecule has 4 heteroatoms. The molecule has 0 aliphatic heterocycles. The van der Waals surface area contributed by atoms with Crippen molar-refractivity contribution in [2.24, 2.45) is 5.92 Å². The fourth-order valence-electron chi connectivity index (χ4n) is 1.45. The number of nitrogens with one attached hydrogen (secondary N) is 1. The Morgan fingerprint density at radius 3 is 2.87 bits per heavy atom. The van der Waals surface area contributed by atoms with Crippen LogP contribution in [0.15, 0.2) is 12.7 Å². The third kappa shape index (κ3) is 4.83. The minimum Gasteiger partial charge on any atom is -0.395 e. The Bertz CT molecular complexity index is 215. The molecule has 1 saturated carbocycles. The van der Waals surface area contributed by atoms with Crippen molar-refractivity contribution in [3.63, 3.8) is 0 Å². The lowest BCUT2D eigenvalue weighted by Crippen LogP contribution is -2.42. The molecule has 1 aliphatic carbocycles. The van der Waals surface area contributed by atoms with Crippen LogP contribution in [0.5, 0.6) is 0 Å². The van der Waals surface area contributed by atoms with Crippen LogP contribution in [0.2, 0.25) is 0 Å². The molecule has 2 N–H and O–H groups in total. The summed E-state index contributed by atoms with van der Waals surface area (Å²) in [6, 6.07) is -0.107. The Hall–Kier alpha value is -1.03. The summed E-state index contributed by atoms with van der Waals surface area (Å²) in [6.07, 6.45) is 5.36. The number of carbonyl (C=O) groups is 1. The van der Waals surface area contributed by atoms with Crippen LogP contribution in [0, 0.1) is 5.92 Å². The van der Waals surface area contributed by atoms with Gasteiger partial charge in [-0.2, -0.15) is 0 Å². The van der Waals surface area contributed by atoms with Crippen molar-refractivity contribution in [2.45, 2.75) is 19.3 Å². The van der Waals surface area contributed by atoms with Gasteiger partial charge in [0.15, 0.2) is 0 Å². The minimum atomic E-state index is -0.107. The highest BCUT2D eigenvalue weighted by molar-refractivity contribution is 5.74. The van der Waals surface area contributed by atoms with Gasteiger partial charge in [0.2, 0.25) is 0 Å². The minimum absolute atomic E-state index is 0.0100. The van der Waals surface area contributed by atoms with Crippen LogP contribution in [0.25, 0.3) is 0 Å². The van der Waals surface area contributed by atoms with Gasteiger partial charge in [0.1, 0.15) is 0 Å². The molecule has 1 aliphatic rings. The van der Waals surface area contributed by atoms with Gasteiger partial charge in [-0.1, -0.05) is 18.9 Å². The first-order valence-corrected chi connectivity index (χ1v) is 5.52. The van der Waals surface area contributed by atoms with E-state index >= 15 is 0 Å². The molecule has 0 unspecified atom stereocenters. The molecule has 0 aromatic rings. The van der Waals surface area contributed by atoms with Crippen LogP contribution in [0.3, 0.4) is 0 Å². The molecule has 0 radical (unpaired) electrons. The van der Waals surface area contributed by atoms with E-state index in [1.807, 2.05) is 0 Å². The van der Waals surface area contributed by atoms with Crippen molar-refractivity contribution in [1.29, 1.82) is 0 Å². The van der Waals surface area contributed by atoms with E-state index in [0.717, 1.165) is 18.9 Å². The van der Waals surface area contributed by atoms with Gasteiger partial charge in [-0.25, -0.2) is 4.79 Å². The molecule has 0 aromatic heterocycles. The van der Waals surface area contributed by atoms with E-state index in [-0.39, 0.29) is 12.6 Å². The lowest BCUT2D eigenvalue weighted by Gasteiger charge is -2.20. The highest BCUT2D eigenvalue weighted by atomic mass is 16.3. The predicted molar refractivity (Wildman–Crippen MR) is 59.6 cm³/mol. The maximum atomic E-state index is 11.6. The first-order valence-electron chi connectivity index (χ1n) is 5.52. The fourth-order valence-corrected chi connectivity index (χ4v) is 1.45. The van der Waals surface area contributed by atoms with Gasteiger partial charge in [-0.15, -0.1) is 6.58 Å². The normalized spacial score (nSPS) is 14.7. The maximum absolute atomic E-state index is 11.6. The van der Waals surface area contributed by atoms with Gasteiger partial charge in [0.25, 0.3) is 0 Å². The summed E-state index contributed by atoms with van der Waals surface area (Å²) in [5.74, 6) is 0.830. The zero-order chi connectivity index (χ0) is 11.1. The Labute approximate surface area is 91.0 Å². The number of rotatable bonds is 7. The first-order chi connectivity index (χ1) is 7.27. The number of urea groups is 1. The van der Waals surface area contributed by atoms with E-state index in [1.54, 1.807) is 11.0 Å². The van der Waals surface area contributed by atoms with Crippen molar-refractivity contribution in [2.75, 3.05) is 26.2 Å². The largest absolute Gasteiger partial charge is 0.395 e. The lowest BCUT2D eigenvalue weighted by atomic mass is 10.3. The maximum Gasteiger partial charge on any atom is 0.317 e. The van der Waals surface area contributed by atoms with Crippen molar-refractivity contribution >= 4 is 6.03 Å². The summed E-state index contributed by atoms with van der Waals surface area (Å²) in [5.41, 5.74) is 0. The van der Waals surface area contributed by atoms with E-state index in [9.17, 15) is 4.79 Å². The Morgan fingerprint density at radius 1 is 1.60 bits per heavy atom. The number of carbonyl (C=O) groups excluding carboxylic acids is 1. The highest BCUT2D eigenvalue weighted by Crippen LogP contribution is 2.31. The number of hydrogen-bond acceptors (Lipinski definition) is 2. The smallest absolute Gasteiger partial charge is 0.317 e. The van der Waals surface area contributed by atoms with Crippen molar-refractivity contribution < 1.29 is 9.90 Å². The number of aliphatic hydroxyl groups excluding tert-OH is 1.